The molecule has 3 aliphatic rings. The lowest BCUT2D eigenvalue weighted by Crippen LogP contribution is -2.48. The average Bonchev–Trinajstić information content (AvgIpc) is 3.02. The molecule has 0 amide bonds. The van der Waals surface area contributed by atoms with E-state index in [0.29, 0.717) is 12.0 Å². The summed E-state index contributed by atoms with van der Waals surface area (Å²) in [4.78, 5) is 9.28. The molecule has 0 N–H and O–H groups in total. The molecule has 0 aliphatic carbocycles. The summed E-state index contributed by atoms with van der Waals surface area (Å²) in [7, 11) is 0. The number of aromatic nitrogens is 1. The lowest BCUT2D eigenvalue weighted by atomic mass is 9.92. The van der Waals surface area contributed by atoms with Crippen molar-refractivity contribution in [3.63, 3.8) is 0 Å². The van der Waals surface area contributed by atoms with Gasteiger partial charge in [0.15, 0.2) is 0 Å². The molecule has 132 valence electrons. The van der Waals surface area contributed by atoms with Gasteiger partial charge in [0.25, 0.3) is 0 Å². The van der Waals surface area contributed by atoms with E-state index in [-0.39, 0.29) is 0 Å². The highest BCUT2D eigenvalue weighted by atomic mass is 16.5. The molecular formula is C19H29N3O2. The van der Waals surface area contributed by atoms with Crippen LogP contribution in [0.25, 0.3) is 0 Å². The van der Waals surface area contributed by atoms with Gasteiger partial charge in [-0.3, -0.25) is 9.88 Å². The Morgan fingerprint density at radius 1 is 1.04 bits per heavy atom. The molecule has 3 saturated heterocycles. The Morgan fingerprint density at radius 2 is 1.96 bits per heavy atom. The lowest BCUT2D eigenvalue weighted by molar-refractivity contribution is -0.0257. The van der Waals surface area contributed by atoms with Crippen molar-refractivity contribution in [1.82, 2.24) is 14.8 Å². The van der Waals surface area contributed by atoms with E-state index < -0.39 is 0 Å². The number of fused-ring (bicyclic) bond motifs is 1. The minimum Gasteiger partial charge on any atom is -0.381 e. The zero-order chi connectivity index (χ0) is 16.2. The number of rotatable bonds is 4. The van der Waals surface area contributed by atoms with Crippen LogP contribution in [0.1, 0.15) is 18.4 Å². The summed E-state index contributed by atoms with van der Waals surface area (Å²) in [5.74, 6) is 1.40. The lowest BCUT2D eigenvalue weighted by Gasteiger charge is -2.38. The summed E-state index contributed by atoms with van der Waals surface area (Å²) < 4.78 is 11.8. The van der Waals surface area contributed by atoms with Gasteiger partial charge in [0.2, 0.25) is 0 Å². The van der Waals surface area contributed by atoms with Gasteiger partial charge in [-0.1, -0.05) is 0 Å². The fourth-order valence-corrected chi connectivity index (χ4v) is 4.33. The summed E-state index contributed by atoms with van der Waals surface area (Å²) in [5.41, 5.74) is 1.35. The zero-order valence-corrected chi connectivity index (χ0v) is 14.5. The summed E-state index contributed by atoms with van der Waals surface area (Å²) in [5, 5.41) is 0. The van der Waals surface area contributed by atoms with Crippen LogP contribution < -0.4 is 0 Å². The Morgan fingerprint density at radius 3 is 2.79 bits per heavy atom. The molecule has 3 atom stereocenters. The Kier molecular flexibility index (Phi) is 5.43. The minimum absolute atomic E-state index is 0.406. The number of piperidine rings is 1. The molecule has 4 heterocycles. The number of nitrogens with zero attached hydrogens (tertiary/aromatic N) is 3. The fraction of sp³-hybridized carbons (Fsp3) is 0.737. The van der Waals surface area contributed by atoms with Gasteiger partial charge < -0.3 is 14.4 Å². The summed E-state index contributed by atoms with van der Waals surface area (Å²) in [6.07, 6.45) is 6.66. The third-order valence-corrected chi connectivity index (χ3v) is 5.71. The first-order valence-corrected chi connectivity index (χ1v) is 9.40. The number of hydrogen-bond acceptors (Lipinski definition) is 5. The van der Waals surface area contributed by atoms with Crippen LogP contribution >= 0.6 is 0 Å². The maximum absolute atomic E-state index is 6.24. The largest absolute Gasteiger partial charge is 0.381 e. The van der Waals surface area contributed by atoms with Gasteiger partial charge >= 0.3 is 0 Å². The number of hydrogen-bond donors (Lipinski definition) is 0. The van der Waals surface area contributed by atoms with Gasteiger partial charge in [-0.05, 0) is 43.0 Å². The molecule has 0 aromatic carbocycles. The van der Waals surface area contributed by atoms with E-state index in [2.05, 4.69) is 26.9 Å². The van der Waals surface area contributed by atoms with Crippen LogP contribution in [0.2, 0.25) is 0 Å². The van der Waals surface area contributed by atoms with Crippen molar-refractivity contribution in [2.45, 2.75) is 25.5 Å². The van der Waals surface area contributed by atoms with Crippen LogP contribution in [0.5, 0.6) is 0 Å². The van der Waals surface area contributed by atoms with Crippen LogP contribution in [0, 0.1) is 11.8 Å². The van der Waals surface area contributed by atoms with Gasteiger partial charge in [0, 0.05) is 57.6 Å². The van der Waals surface area contributed by atoms with Crippen molar-refractivity contribution < 1.29 is 9.47 Å². The first-order chi connectivity index (χ1) is 11.9. The van der Waals surface area contributed by atoms with Crippen LogP contribution in [-0.4, -0.2) is 73.4 Å². The van der Waals surface area contributed by atoms with E-state index in [1.807, 2.05) is 12.4 Å². The first kappa shape index (κ1) is 16.5. The average molecular weight is 331 g/mol. The second kappa shape index (κ2) is 7.91. The third kappa shape index (κ3) is 4.14. The third-order valence-electron chi connectivity index (χ3n) is 5.71. The predicted molar refractivity (Wildman–Crippen MR) is 92.7 cm³/mol. The maximum atomic E-state index is 6.24. The molecule has 5 heteroatoms. The van der Waals surface area contributed by atoms with Gasteiger partial charge in [-0.15, -0.1) is 0 Å². The molecule has 4 rings (SSSR count). The number of likely N-dealkylation sites (tertiary alicyclic amines) is 1. The van der Waals surface area contributed by atoms with Crippen LogP contribution in [0.15, 0.2) is 24.5 Å². The smallest absolute Gasteiger partial charge is 0.0743 e. The normalized spacial score (nSPS) is 32.4. The topological polar surface area (TPSA) is 37.8 Å². The van der Waals surface area contributed by atoms with Crippen LogP contribution in [0.3, 0.4) is 0 Å². The van der Waals surface area contributed by atoms with E-state index in [1.165, 1.54) is 31.5 Å². The van der Waals surface area contributed by atoms with E-state index in [1.54, 1.807) is 0 Å². The van der Waals surface area contributed by atoms with E-state index in [4.69, 9.17) is 9.47 Å². The fourth-order valence-electron chi connectivity index (χ4n) is 4.33. The molecule has 24 heavy (non-hydrogen) atoms. The first-order valence-electron chi connectivity index (χ1n) is 9.40. The number of ether oxygens (including phenoxy) is 2. The van der Waals surface area contributed by atoms with Crippen LogP contribution in [-0.2, 0) is 16.0 Å². The van der Waals surface area contributed by atoms with Gasteiger partial charge in [-0.25, -0.2) is 0 Å². The Labute approximate surface area is 144 Å². The Balaban J connectivity index is 1.31. The minimum atomic E-state index is 0.406. The summed E-state index contributed by atoms with van der Waals surface area (Å²) in [6, 6.07) is 4.24. The predicted octanol–water partition coefficient (Wildman–Crippen LogP) is 1.64. The van der Waals surface area contributed by atoms with Crippen molar-refractivity contribution in [2.24, 2.45) is 11.8 Å². The molecule has 0 unspecified atom stereocenters. The van der Waals surface area contributed by atoms with E-state index >= 15 is 0 Å². The van der Waals surface area contributed by atoms with Crippen LogP contribution in [0.4, 0.5) is 0 Å². The monoisotopic (exact) mass is 331 g/mol. The molecule has 0 spiro atoms. The van der Waals surface area contributed by atoms with E-state index in [9.17, 15) is 0 Å². The second-order valence-electron chi connectivity index (χ2n) is 7.54. The Hall–Kier alpha value is -1.01. The Bertz CT molecular complexity index is 507. The quantitative estimate of drug-likeness (QED) is 0.838. The number of pyridine rings is 1. The van der Waals surface area contributed by atoms with Crippen molar-refractivity contribution in [1.29, 1.82) is 0 Å². The second-order valence-corrected chi connectivity index (χ2v) is 7.54. The highest BCUT2D eigenvalue weighted by molar-refractivity contribution is 5.09. The van der Waals surface area contributed by atoms with Gasteiger partial charge in [-0.2, -0.15) is 0 Å². The highest BCUT2D eigenvalue weighted by Gasteiger charge is 2.34. The SMILES string of the molecule is c1cc(CN2CCO[C@@H]3CN(C[C@@H]4CCOC4)CC[C@@H]3C2)ccn1. The molecule has 0 saturated carbocycles. The maximum Gasteiger partial charge on any atom is 0.0743 e. The molecule has 0 bridgehead atoms. The summed E-state index contributed by atoms with van der Waals surface area (Å²) in [6.45, 7) is 9.46. The van der Waals surface area contributed by atoms with Gasteiger partial charge in [0.1, 0.15) is 0 Å². The molecule has 3 fully saturated rings. The molecule has 1 aromatic rings. The molecule has 1 aromatic heterocycles. The van der Waals surface area contributed by atoms with Crippen molar-refractivity contribution in [3.05, 3.63) is 30.1 Å². The molecular weight excluding hydrogens is 302 g/mol. The molecule has 5 nitrogen and oxygen atoms in total. The van der Waals surface area contributed by atoms with Crippen molar-refractivity contribution in [3.8, 4) is 0 Å². The van der Waals surface area contributed by atoms with Crippen molar-refractivity contribution >= 4 is 0 Å². The highest BCUT2D eigenvalue weighted by Crippen LogP contribution is 2.26. The van der Waals surface area contributed by atoms with Gasteiger partial charge in [0.05, 0.1) is 19.3 Å². The zero-order valence-electron chi connectivity index (χ0n) is 14.5. The van der Waals surface area contributed by atoms with E-state index in [0.717, 1.165) is 51.9 Å². The molecule has 0 radical (unpaired) electrons. The molecule has 3 aliphatic heterocycles. The summed E-state index contributed by atoms with van der Waals surface area (Å²) >= 11 is 0. The standard InChI is InChI=1S/C19H29N3O2/c1-5-20-6-2-16(1)11-22-8-10-24-19-14-21(7-3-18(19)13-22)12-17-4-9-23-15-17/h1-2,5-6,17-19H,3-4,7-15H2/t17-,18+,19+/m0/s1. The van der Waals surface area contributed by atoms with Crippen molar-refractivity contribution in [2.75, 3.05) is 52.5 Å².